The third-order valence-corrected chi connectivity index (χ3v) is 2.53. The molecule has 18 heavy (non-hydrogen) atoms. The molecule has 4 heteroatoms. The highest BCUT2D eigenvalue weighted by atomic mass is 16.5. The lowest BCUT2D eigenvalue weighted by molar-refractivity contribution is -0.142. The highest BCUT2D eigenvalue weighted by Crippen LogP contribution is 2.16. The van der Waals surface area contributed by atoms with E-state index in [4.69, 9.17) is 9.47 Å². The molecule has 0 unspecified atom stereocenters. The molecule has 1 rings (SSSR count). The average molecular weight is 250 g/mol. The summed E-state index contributed by atoms with van der Waals surface area (Å²) in [4.78, 5) is 23.3. The molecular formula is C14H18O4. The van der Waals surface area contributed by atoms with Crippen molar-refractivity contribution in [1.82, 2.24) is 0 Å². The van der Waals surface area contributed by atoms with E-state index in [9.17, 15) is 9.59 Å². The molecule has 0 amide bonds. The van der Waals surface area contributed by atoms with Crippen molar-refractivity contribution >= 4 is 11.9 Å². The molecule has 0 spiro atoms. The lowest BCUT2D eigenvalue weighted by Gasteiger charge is -2.11. The van der Waals surface area contributed by atoms with Gasteiger partial charge in [-0.2, -0.15) is 0 Å². The minimum Gasteiger partial charge on any atom is -0.466 e. The molecule has 0 fully saturated rings. The van der Waals surface area contributed by atoms with E-state index in [-0.39, 0.29) is 12.4 Å². The third kappa shape index (κ3) is 3.58. The number of hydrogen-bond acceptors (Lipinski definition) is 4. The van der Waals surface area contributed by atoms with E-state index in [1.165, 1.54) is 0 Å². The first kappa shape index (κ1) is 14.2. The first-order valence-corrected chi connectivity index (χ1v) is 6.01. The van der Waals surface area contributed by atoms with Crippen molar-refractivity contribution in [2.24, 2.45) is 0 Å². The lowest BCUT2D eigenvalue weighted by Crippen LogP contribution is -2.14. The molecule has 0 aliphatic carbocycles. The van der Waals surface area contributed by atoms with Gasteiger partial charge in [0.25, 0.3) is 0 Å². The van der Waals surface area contributed by atoms with E-state index in [0.29, 0.717) is 24.3 Å². The number of rotatable bonds is 5. The maximum absolute atomic E-state index is 11.8. The van der Waals surface area contributed by atoms with Gasteiger partial charge in [0.2, 0.25) is 0 Å². The summed E-state index contributed by atoms with van der Waals surface area (Å²) >= 11 is 0. The van der Waals surface area contributed by atoms with E-state index in [0.717, 1.165) is 5.56 Å². The SMILES string of the molecule is CCOC(=O)Cc1c(C)cccc1C(=O)OCC. The van der Waals surface area contributed by atoms with Gasteiger partial charge < -0.3 is 9.47 Å². The van der Waals surface area contributed by atoms with Gasteiger partial charge in [-0.15, -0.1) is 0 Å². The predicted octanol–water partition coefficient (Wildman–Crippen LogP) is 2.28. The van der Waals surface area contributed by atoms with Gasteiger partial charge in [0, 0.05) is 0 Å². The first-order valence-electron chi connectivity index (χ1n) is 6.01. The van der Waals surface area contributed by atoms with Crippen LogP contribution in [0.3, 0.4) is 0 Å². The van der Waals surface area contributed by atoms with E-state index in [1.807, 2.05) is 13.0 Å². The van der Waals surface area contributed by atoms with E-state index < -0.39 is 5.97 Å². The maximum Gasteiger partial charge on any atom is 0.338 e. The molecule has 0 atom stereocenters. The fourth-order valence-corrected chi connectivity index (χ4v) is 1.69. The maximum atomic E-state index is 11.8. The van der Waals surface area contributed by atoms with Crippen LogP contribution in [-0.2, 0) is 20.7 Å². The van der Waals surface area contributed by atoms with Crippen LogP contribution in [0.1, 0.15) is 35.3 Å². The second-order valence-corrected chi connectivity index (χ2v) is 3.80. The Morgan fingerprint density at radius 2 is 1.78 bits per heavy atom. The molecule has 0 aliphatic rings. The summed E-state index contributed by atoms with van der Waals surface area (Å²) in [7, 11) is 0. The van der Waals surface area contributed by atoms with Gasteiger partial charge >= 0.3 is 11.9 Å². The zero-order chi connectivity index (χ0) is 13.5. The summed E-state index contributed by atoms with van der Waals surface area (Å²) in [6.07, 6.45) is 0.0919. The van der Waals surface area contributed by atoms with Crippen molar-refractivity contribution in [1.29, 1.82) is 0 Å². The van der Waals surface area contributed by atoms with Gasteiger partial charge in [-0.1, -0.05) is 12.1 Å². The smallest absolute Gasteiger partial charge is 0.338 e. The summed E-state index contributed by atoms with van der Waals surface area (Å²) in [6.45, 7) is 6.00. The van der Waals surface area contributed by atoms with E-state index in [1.54, 1.807) is 26.0 Å². The van der Waals surface area contributed by atoms with E-state index >= 15 is 0 Å². The van der Waals surface area contributed by atoms with E-state index in [2.05, 4.69) is 0 Å². The minimum atomic E-state index is -0.402. The number of carbonyl (C=O) groups excluding carboxylic acids is 2. The van der Waals surface area contributed by atoms with Crippen LogP contribution in [0.4, 0.5) is 0 Å². The van der Waals surface area contributed by atoms with Crippen molar-refractivity contribution in [3.8, 4) is 0 Å². The van der Waals surface area contributed by atoms with Crippen molar-refractivity contribution in [2.75, 3.05) is 13.2 Å². The Hall–Kier alpha value is -1.84. The van der Waals surface area contributed by atoms with Gasteiger partial charge in [0.15, 0.2) is 0 Å². The summed E-state index contributed by atoms with van der Waals surface area (Å²) in [5.41, 5.74) is 1.99. The number of benzene rings is 1. The van der Waals surface area contributed by atoms with Gasteiger partial charge in [0.05, 0.1) is 25.2 Å². The summed E-state index contributed by atoms with van der Waals surface area (Å²) in [6, 6.07) is 5.30. The number of esters is 2. The Kier molecular flexibility index (Phi) is 5.36. The zero-order valence-electron chi connectivity index (χ0n) is 11.0. The Morgan fingerprint density at radius 1 is 1.11 bits per heavy atom. The Balaban J connectivity index is 3.00. The Morgan fingerprint density at radius 3 is 2.39 bits per heavy atom. The molecular weight excluding hydrogens is 232 g/mol. The van der Waals surface area contributed by atoms with Crippen LogP contribution >= 0.6 is 0 Å². The second-order valence-electron chi connectivity index (χ2n) is 3.80. The molecule has 4 nitrogen and oxygen atoms in total. The molecule has 0 N–H and O–H groups in total. The van der Waals surface area contributed by atoms with Gasteiger partial charge in [-0.05, 0) is 38.0 Å². The topological polar surface area (TPSA) is 52.6 Å². The summed E-state index contributed by atoms with van der Waals surface area (Å²) in [5, 5.41) is 0. The van der Waals surface area contributed by atoms with Crippen LogP contribution in [0.25, 0.3) is 0 Å². The molecule has 0 aliphatic heterocycles. The molecule has 1 aromatic rings. The van der Waals surface area contributed by atoms with Crippen LogP contribution in [0.2, 0.25) is 0 Å². The van der Waals surface area contributed by atoms with Gasteiger partial charge in [0.1, 0.15) is 0 Å². The fraction of sp³-hybridized carbons (Fsp3) is 0.429. The van der Waals surface area contributed by atoms with Crippen molar-refractivity contribution in [3.63, 3.8) is 0 Å². The number of ether oxygens (including phenoxy) is 2. The van der Waals surface area contributed by atoms with Crippen LogP contribution < -0.4 is 0 Å². The third-order valence-electron chi connectivity index (χ3n) is 2.53. The fourth-order valence-electron chi connectivity index (χ4n) is 1.69. The van der Waals surface area contributed by atoms with Crippen LogP contribution in [0, 0.1) is 6.92 Å². The number of carbonyl (C=O) groups is 2. The van der Waals surface area contributed by atoms with Gasteiger partial charge in [-0.25, -0.2) is 4.79 Å². The minimum absolute atomic E-state index is 0.0919. The largest absolute Gasteiger partial charge is 0.466 e. The first-order chi connectivity index (χ1) is 8.60. The molecule has 0 heterocycles. The predicted molar refractivity (Wildman–Crippen MR) is 67.5 cm³/mol. The summed E-state index contributed by atoms with van der Waals surface area (Å²) in [5.74, 6) is -0.738. The average Bonchev–Trinajstić information content (AvgIpc) is 2.32. The van der Waals surface area contributed by atoms with Crippen LogP contribution in [0.5, 0.6) is 0 Å². The van der Waals surface area contributed by atoms with Crippen LogP contribution in [0.15, 0.2) is 18.2 Å². The highest BCUT2D eigenvalue weighted by Gasteiger charge is 2.17. The Labute approximate surface area is 107 Å². The molecule has 0 saturated carbocycles. The zero-order valence-corrected chi connectivity index (χ0v) is 11.0. The molecule has 0 radical (unpaired) electrons. The summed E-state index contributed by atoms with van der Waals surface area (Å²) < 4.78 is 9.88. The van der Waals surface area contributed by atoms with Crippen molar-refractivity contribution in [2.45, 2.75) is 27.2 Å². The molecule has 98 valence electrons. The van der Waals surface area contributed by atoms with Gasteiger partial charge in [-0.3, -0.25) is 4.79 Å². The van der Waals surface area contributed by atoms with Crippen molar-refractivity contribution in [3.05, 3.63) is 34.9 Å². The normalized spacial score (nSPS) is 9.94. The number of aryl methyl sites for hydroxylation is 1. The Bertz CT molecular complexity index is 437. The molecule has 0 saturated heterocycles. The quantitative estimate of drug-likeness (QED) is 0.752. The number of hydrogen-bond donors (Lipinski definition) is 0. The second kappa shape index (κ2) is 6.79. The monoisotopic (exact) mass is 250 g/mol. The lowest BCUT2D eigenvalue weighted by atomic mass is 9.99. The van der Waals surface area contributed by atoms with Crippen LogP contribution in [-0.4, -0.2) is 25.2 Å². The molecule has 0 aromatic heterocycles. The molecule has 1 aromatic carbocycles. The molecule has 0 bridgehead atoms. The highest BCUT2D eigenvalue weighted by molar-refractivity contribution is 5.93. The standard InChI is InChI=1S/C14H18O4/c1-4-17-13(15)9-12-10(3)7-6-8-11(12)14(16)18-5-2/h6-8H,4-5,9H2,1-3H3. The van der Waals surface area contributed by atoms with Crippen molar-refractivity contribution < 1.29 is 19.1 Å².